The zero-order valence-corrected chi connectivity index (χ0v) is 23.8. The minimum absolute atomic E-state index is 0.0276. The van der Waals surface area contributed by atoms with Gasteiger partial charge in [-0.25, -0.2) is 19.2 Å². The number of rotatable bonds is 7. The Hall–Kier alpha value is -5.33. The second-order valence-electron chi connectivity index (χ2n) is 10.2. The van der Waals surface area contributed by atoms with Gasteiger partial charge in [-0.05, 0) is 66.7 Å². The van der Waals surface area contributed by atoms with E-state index in [1.165, 1.54) is 19.1 Å². The first kappa shape index (κ1) is 28.8. The van der Waals surface area contributed by atoms with E-state index in [1.807, 2.05) is 36.4 Å². The van der Waals surface area contributed by atoms with E-state index >= 15 is 0 Å². The summed E-state index contributed by atoms with van der Waals surface area (Å²) in [6, 6.07) is 19.9. The van der Waals surface area contributed by atoms with Crippen molar-refractivity contribution in [2.45, 2.75) is 13.5 Å². The predicted molar refractivity (Wildman–Crippen MR) is 165 cm³/mol. The largest absolute Gasteiger partial charge is 0.459 e. The number of carbonyl (C=O) groups excluding carboxylic acids is 2. The molecule has 3 aromatic carbocycles. The predicted octanol–water partition coefficient (Wildman–Crippen LogP) is 5.63. The van der Waals surface area contributed by atoms with Crippen molar-refractivity contribution in [1.82, 2.24) is 9.97 Å². The van der Waals surface area contributed by atoms with Crippen molar-refractivity contribution in [1.29, 1.82) is 0 Å². The summed E-state index contributed by atoms with van der Waals surface area (Å²) < 4.78 is 25.5. The van der Waals surface area contributed by atoms with Gasteiger partial charge in [-0.2, -0.15) is 0 Å². The lowest BCUT2D eigenvalue weighted by molar-refractivity contribution is -0.114. The Kier molecular flexibility index (Phi) is 8.17. The van der Waals surface area contributed by atoms with Gasteiger partial charge in [0.1, 0.15) is 29.8 Å². The molecule has 4 N–H and O–H groups in total. The minimum atomic E-state index is -0.666. The number of halogens is 1. The van der Waals surface area contributed by atoms with Crippen LogP contribution in [0.15, 0.2) is 77.2 Å². The number of fused-ring (bicyclic) bond motifs is 1. The van der Waals surface area contributed by atoms with Gasteiger partial charge in [0.15, 0.2) is 5.82 Å². The quantitative estimate of drug-likeness (QED) is 0.190. The van der Waals surface area contributed by atoms with E-state index < -0.39 is 17.8 Å². The Morgan fingerprint density at radius 3 is 2.32 bits per heavy atom. The zero-order chi connectivity index (χ0) is 30.6. The summed E-state index contributed by atoms with van der Waals surface area (Å²) in [4.78, 5) is 35.7. The number of urea groups is 1. The molecule has 1 saturated heterocycles. The second-order valence-corrected chi connectivity index (χ2v) is 10.2. The van der Waals surface area contributed by atoms with Crippen molar-refractivity contribution in [3.63, 3.8) is 0 Å². The van der Waals surface area contributed by atoms with Gasteiger partial charge in [0.2, 0.25) is 5.91 Å². The summed E-state index contributed by atoms with van der Waals surface area (Å²) in [7, 11) is 0. The lowest BCUT2D eigenvalue weighted by Gasteiger charge is -2.29. The van der Waals surface area contributed by atoms with Crippen LogP contribution in [0.3, 0.4) is 0 Å². The Bertz CT molecular complexity index is 1840. The monoisotopic (exact) mass is 596 g/mol. The van der Waals surface area contributed by atoms with E-state index in [4.69, 9.17) is 19.1 Å². The number of ether oxygens (including phenoxy) is 1. The van der Waals surface area contributed by atoms with Crippen LogP contribution in [0.5, 0.6) is 0 Å². The van der Waals surface area contributed by atoms with Crippen molar-refractivity contribution in [3.05, 3.63) is 84.4 Å². The normalized spacial score (nSPS) is 13.1. The van der Waals surface area contributed by atoms with Gasteiger partial charge in [0, 0.05) is 47.9 Å². The van der Waals surface area contributed by atoms with Gasteiger partial charge in [0.25, 0.3) is 0 Å². The zero-order valence-electron chi connectivity index (χ0n) is 23.8. The molecule has 3 amide bonds. The van der Waals surface area contributed by atoms with Crippen LogP contribution < -0.4 is 20.9 Å². The summed E-state index contributed by atoms with van der Waals surface area (Å²) in [5.74, 6) is 1.36. The highest BCUT2D eigenvalue weighted by molar-refractivity contribution is 6.00. The molecule has 1 aliphatic heterocycles. The van der Waals surface area contributed by atoms with Crippen molar-refractivity contribution in [2.24, 2.45) is 0 Å². The van der Waals surface area contributed by atoms with E-state index in [0.29, 0.717) is 49.3 Å². The number of nitrogens with zero attached hydrogens (tertiary/aromatic N) is 3. The maximum absolute atomic E-state index is 14.2. The molecule has 6 rings (SSSR count). The summed E-state index contributed by atoms with van der Waals surface area (Å²) in [5.41, 5.74) is 3.07. The molecule has 2 aromatic heterocycles. The average Bonchev–Trinajstić information content (AvgIpc) is 3.52. The van der Waals surface area contributed by atoms with Crippen LogP contribution >= 0.6 is 0 Å². The number of benzene rings is 3. The molecule has 224 valence electrons. The fourth-order valence-electron chi connectivity index (χ4n) is 4.91. The summed E-state index contributed by atoms with van der Waals surface area (Å²) in [5, 5.41) is 18.0. The molecule has 0 saturated carbocycles. The highest BCUT2D eigenvalue weighted by Crippen LogP contribution is 2.32. The number of morpholine rings is 1. The van der Waals surface area contributed by atoms with E-state index in [9.17, 15) is 19.1 Å². The Morgan fingerprint density at radius 2 is 1.61 bits per heavy atom. The Labute approximate surface area is 251 Å². The number of furan rings is 1. The maximum Gasteiger partial charge on any atom is 0.323 e. The van der Waals surface area contributed by atoms with Crippen LogP contribution in [0.25, 0.3) is 33.6 Å². The number of hydrogen-bond donors (Lipinski definition) is 4. The van der Waals surface area contributed by atoms with Crippen LogP contribution in [0, 0.1) is 5.82 Å². The van der Waals surface area contributed by atoms with E-state index in [-0.39, 0.29) is 18.0 Å². The fraction of sp³-hybridized carbons (Fsp3) is 0.188. The third-order valence-electron chi connectivity index (χ3n) is 7.03. The number of anilines is 4. The number of carbonyl (C=O) groups is 2. The third kappa shape index (κ3) is 6.36. The smallest absolute Gasteiger partial charge is 0.323 e. The molecule has 5 aromatic rings. The van der Waals surface area contributed by atoms with E-state index in [2.05, 4.69) is 20.9 Å². The second kappa shape index (κ2) is 12.5. The molecule has 0 bridgehead atoms. The van der Waals surface area contributed by atoms with Gasteiger partial charge in [-0.1, -0.05) is 6.07 Å². The standard InChI is InChI=1S/C32H29FN6O5/c1-19(41)34-27-10-7-23(17-26(27)33)36-32(42)35-22-5-2-20(3-6-22)30-37-28-16-21(29-11-8-24(18-40)44-29)4-9-25(28)31(38-30)39-12-14-43-15-13-39/h2-11,16-17,40H,12-15,18H2,1H3,(H,34,41)(H2,35,36,42). The van der Waals surface area contributed by atoms with Gasteiger partial charge in [-0.15, -0.1) is 0 Å². The Balaban J connectivity index is 1.24. The van der Waals surface area contributed by atoms with Crippen LogP contribution in [0.1, 0.15) is 12.7 Å². The summed E-state index contributed by atoms with van der Waals surface area (Å²) in [6.45, 7) is 3.70. The number of amides is 3. The first-order valence-corrected chi connectivity index (χ1v) is 14.0. The molecular weight excluding hydrogens is 567 g/mol. The van der Waals surface area contributed by atoms with Crippen LogP contribution in [0.4, 0.5) is 32.1 Å². The first-order chi connectivity index (χ1) is 21.4. The first-order valence-electron chi connectivity index (χ1n) is 14.0. The molecule has 0 radical (unpaired) electrons. The topological polar surface area (TPSA) is 142 Å². The molecule has 0 atom stereocenters. The molecule has 12 heteroatoms. The highest BCUT2D eigenvalue weighted by Gasteiger charge is 2.19. The third-order valence-corrected chi connectivity index (χ3v) is 7.03. The molecule has 1 fully saturated rings. The van der Waals surface area contributed by atoms with Crippen molar-refractivity contribution in [2.75, 3.05) is 47.2 Å². The average molecular weight is 597 g/mol. The van der Waals surface area contributed by atoms with E-state index in [1.54, 1.807) is 18.2 Å². The van der Waals surface area contributed by atoms with Gasteiger partial charge >= 0.3 is 6.03 Å². The van der Waals surface area contributed by atoms with Crippen molar-refractivity contribution < 1.29 is 28.2 Å². The summed E-state index contributed by atoms with van der Waals surface area (Å²) in [6.07, 6.45) is 0. The highest BCUT2D eigenvalue weighted by atomic mass is 19.1. The Morgan fingerprint density at radius 1 is 0.886 bits per heavy atom. The lowest BCUT2D eigenvalue weighted by Crippen LogP contribution is -2.37. The molecule has 3 heterocycles. The minimum Gasteiger partial charge on any atom is -0.459 e. The van der Waals surface area contributed by atoms with Crippen molar-refractivity contribution >= 4 is 45.7 Å². The van der Waals surface area contributed by atoms with Crippen LogP contribution in [0.2, 0.25) is 0 Å². The maximum atomic E-state index is 14.2. The van der Waals surface area contributed by atoms with Crippen molar-refractivity contribution in [3.8, 4) is 22.7 Å². The number of aliphatic hydroxyl groups is 1. The summed E-state index contributed by atoms with van der Waals surface area (Å²) >= 11 is 0. The number of aromatic nitrogens is 2. The lowest BCUT2D eigenvalue weighted by atomic mass is 10.1. The number of nitrogens with one attached hydrogen (secondary N) is 3. The number of hydrogen-bond acceptors (Lipinski definition) is 8. The SMILES string of the molecule is CC(=O)Nc1ccc(NC(=O)Nc2ccc(-c3nc(N4CCOCC4)c4ccc(-c5ccc(CO)o5)cc4n3)cc2)cc1F. The number of aliphatic hydroxyl groups excluding tert-OH is 1. The van der Waals surface area contributed by atoms with E-state index in [0.717, 1.165) is 33.9 Å². The van der Waals surface area contributed by atoms with Gasteiger partial charge < -0.3 is 35.1 Å². The molecular formula is C32H29FN6O5. The van der Waals surface area contributed by atoms with Gasteiger partial charge in [0.05, 0.1) is 24.4 Å². The van der Waals surface area contributed by atoms with Crippen LogP contribution in [-0.2, 0) is 16.1 Å². The molecule has 11 nitrogen and oxygen atoms in total. The molecule has 0 aliphatic carbocycles. The molecule has 44 heavy (non-hydrogen) atoms. The van der Waals surface area contributed by atoms with Crippen LogP contribution in [-0.4, -0.2) is 53.3 Å². The molecule has 1 aliphatic rings. The molecule has 0 unspecified atom stereocenters. The molecule has 0 spiro atoms. The fourth-order valence-corrected chi connectivity index (χ4v) is 4.91. The van der Waals surface area contributed by atoms with Gasteiger partial charge in [-0.3, -0.25) is 4.79 Å².